The van der Waals surface area contributed by atoms with Crippen LogP contribution in [0.15, 0.2) is 36.4 Å². The Balaban J connectivity index is 2.38. The lowest BCUT2D eigenvalue weighted by Crippen LogP contribution is -2.17. The van der Waals surface area contributed by atoms with E-state index in [4.69, 9.17) is 5.73 Å². The first-order valence-corrected chi connectivity index (χ1v) is 7.35. The molecule has 0 bridgehead atoms. The monoisotopic (exact) mass is 282 g/mol. The molecule has 110 valence electrons. The highest BCUT2D eigenvalue weighted by Gasteiger charge is 2.14. The van der Waals surface area contributed by atoms with Crippen molar-refractivity contribution in [3.8, 4) is 0 Å². The molecule has 2 aromatic rings. The molecule has 3 nitrogen and oxygen atoms in total. The lowest BCUT2D eigenvalue weighted by atomic mass is 10.0. The molecule has 0 unspecified atom stereocenters. The number of aryl methyl sites for hydroxylation is 3. The van der Waals surface area contributed by atoms with Crippen LogP contribution in [0.1, 0.15) is 40.9 Å². The summed E-state index contributed by atoms with van der Waals surface area (Å²) in [5.74, 6) is -0.146. The van der Waals surface area contributed by atoms with Gasteiger partial charge in [-0.15, -0.1) is 0 Å². The van der Waals surface area contributed by atoms with Crippen LogP contribution in [-0.2, 0) is 12.8 Å². The van der Waals surface area contributed by atoms with Crippen molar-refractivity contribution in [2.75, 3.05) is 11.1 Å². The van der Waals surface area contributed by atoms with E-state index in [9.17, 15) is 4.79 Å². The predicted molar refractivity (Wildman–Crippen MR) is 88.7 cm³/mol. The van der Waals surface area contributed by atoms with Gasteiger partial charge in [0, 0.05) is 11.4 Å². The summed E-state index contributed by atoms with van der Waals surface area (Å²) >= 11 is 0. The Labute approximate surface area is 126 Å². The number of anilines is 2. The maximum atomic E-state index is 12.5. The van der Waals surface area contributed by atoms with Gasteiger partial charge in [-0.05, 0) is 42.5 Å². The van der Waals surface area contributed by atoms with Crippen molar-refractivity contribution < 1.29 is 4.79 Å². The number of hydrogen-bond acceptors (Lipinski definition) is 2. The highest BCUT2D eigenvalue weighted by atomic mass is 16.1. The van der Waals surface area contributed by atoms with E-state index in [-0.39, 0.29) is 5.91 Å². The first kappa shape index (κ1) is 15.1. The Bertz CT molecular complexity index is 640. The normalized spacial score (nSPS) is 10.4. The van der Waals surface area contributed by atoms with Crippen molar-refractivity contribution in [3.63, 3.8) is 0 Å². The van der Waals surface area contributed by atoms with E-state index in [1.54, 1.807) is 6.07 Å². The summed E-state index contributed by atoms with van der Waals surface area (Å²) in [7, 11) is 0. The van der Waals surface area contributed by atoms with Gasteiger partial charge in [-0.3, -0.25) is 4.79 Å². The third-order valence-corrected chi connectivity index (χ3v) is 3.81. The zero-order valence-electron chi connectivity index (χ0n) is 12.9. The smallest absolute Gasteiger partial charge is 0.257 e. The van der Waals surface area contributed by atoms with Crippen LogP contribution in [-0.4, -0.2) is 5.91 Å². The van der Waals surface area contributed by atoms with Gasteiger partial charge < -0.3 is 11.1 Å². The number of nitrogens with one attached hydrogen (secondary N) is 1. The molecule has 0 fully saturated rings. The van der Waals surface area contributed by atoms with Crippen molar-refractivity contribution in [1.82, 2.24) is 0 Å². The number of amides is 1. The number of hydrogen-bond donors (Lipinski definition) is 2. The van der Waals surface area contributed by atoms with Crippen LogP contribution < -0.4 is 11.1 Å². The minimum absolute atomic E-state index is 0.146. The van der Waals surface area contributed by atoms with Gasteiger partial charge in [0.15, 0.2) is 0 Å². The summed E-state index contributed by atoms with van der Waals surface area (Å²) in [5, 5.41) is 3.05. The molecule has 0 atom stereocenters. The number of nitrogens with two attached hydrogens (primary N) is 1. The Morgan fingerprint density at radius 1 is 1.05 bits per heavy atom. The Kier molecular flexibility index (Phi) is 4.63. The van der Waals surface area contributed by atoms with E-state index in [1.165, 1.54) is 0 Å². The molecule has 0 spiro atoms. The average Bonchev–Trinajstić information content (AvgIpc) is 2.50. The molecule has 0 saturated carbocycles. The number of para-hydroxylation sites is 2. The van der Waals surface area contributed by atoms with Crippen molar-refractivity contribution >= 4 is 17.3 Å². The quantitative estimate of drug-likeness (QED) is 0.834. The van der Waals surface area contributed by atoms with Crippen molar-refractivity contribution in [3.05, 3.63) is 58.7 Å². The average molecular weight is 282 g/mol. The van der Waals surface area contributed by atoms with Crippen molar-refractivity contribution in [2.24, 2.45) is 0 Å². The number of carbonyl (C=O) groups is 1. The first-order chi connectivity index (χ1) is 10.1. The SMILES string of the molecule is CCc1cccc(CC)c1NC(=O)c1cccc(C)c1N. The van der Waals surface area contributed by atoms with E-state index < -0.39 is 0 Å². The Morgan fingerprint density at radius 2 is 1.62 bits per heavy atom. The molecule has 2 rings (SSSR count). The van der Waals surface area contributed by atoms with Gasteiger partial charge in [0.2, 0.25) is 0 Å². The molecule has 1 amide bonds. The summed E-state index contributed by atoms with van der Waals surface area (Å²) in [6.45, 7) is 6.08. The minimum Gasteiger partial charge on any atom is -0.398 e. The van der Waals surface area contributed by atoms with Gasteiger partial charge in [0.1, 0.15) is 0 Å². The summed E-state index contributed by atoms with van der Waals surface area (Å²) < 4.78 is 0. The zero-order valence-corrected chi connectivity index (χ0v) is 12.9. The fourth-order valence-electron chi connectivity index (χ4n) is 2.46. The summed E-state index contributed by atoms with van der Waals surface area (Å²) in [4.78, 5) is 12.5. The number of nitrogen functional groups attached to an aromatic ring is 1. The standard InChI is InChI=1S/C18H22N2O/c1-4-13-9-7-10-14(5-2)17(13)20-18(21)15-11-6-8-12(3)16(15)19/h6-11H,4-5,19H2,1-3H3,(H,20,21). The second-order valence-corrected chi connectivity index (χ2v) is 5.15. The molecule has 0 radical (unpaired) electrons. The molecular formula is C18H22N2O. The molecule has 21 heavy (non-hydrogen) atoms. The van der Waals surface area contributed by atoms with Crippen LogP contribution in [0.2, 0.25) is 0 Å². The third kappa shape index (κ3) is 3.07. The minimum atomic E-state index is -0.146. The van der Waals surface area contributed by atoms with Crippen molar-refractivity contribution in [2.45, 2.75) is 33.6 Å². The molecule has 3 N–H and O–H groups in total. The van der Waals surface area contributed by atoms with Crippen LogP contribution in [0.3, 0.4) is 0 Å². The van der Waals surface area contributed by atoms with Gasteiger partial charge in [0.25, 0.3) is 5.91 Å². The molecule has 0 aliphatic carbocycles. The maximum Gasteiger partial charge on any atom is 0.257 e. The van der Waals surface area contributed by atoms with Crippen LogP contribution in [0.25, 0.3) is 0 Å². The molecule has 0 saturated heterocycles. The molecule has 3 heteroatoms. The van der Waals surface area contributed by atoms with E-state index in [0.29, 0.717) is 11.3 Å². The third-order valence-electron chi connectivity index (χ3n) is 3.81. The fourth-order valence-corrected chi connectivity index (χ4v) is 2.46. The fraction of sp³-hybridized carbons (Fsp3) is 0.278. The molecule has 0 aliphatic rings. The van der Waals surface area contributed by atoms with E-state index in [0.717, 1.165) is 35.2 Å². The Hall–Kier alpha value is -2.29. The van der Waals surface area contributed by atoms with Gasteiger partial charge in [-0.1, -0.05) is 44.2 Å². The van der Waals surface area contributed by atoms with E-state index in [1.807, 2.05) is 37.3 Å². The van der Waals surface area contributed by atoms with E-state index in [2.05, 4.69) is 19.2 Å². The van der Waals surface area contributed by atoms with Crippen LogP contribution in [0, 0.1) is 6.92 Å². The van der Waals surface area contributed by atoms with Gasteiger partial charge in [0.05, 0.1) is 5.56 Å². The highest BCUT2D eigenvalue weighted by molar-refractivity contribution is 6.08. The second kappa shape index (κ2) is 6.44. The van der Waals surface area contributed by atoms with Crippen LogP contribution in [0.5, 0.6) is 0 Å². The number of carbonyl (C=O) groups excluding carboxylic acids is 1. The molecular weight excluding hydrogens is 260 g/mol. The molecule has 0 aliphatic heterocycles. The molecule has 0 heterocycles. The summed E-state index contributed by atoms with van der Waals surface area (Å²) in [6, 6.07) is 11.7. The topological polar surface area (TPSA) is 55.1 Å². The Morgan fingerprint density at radius 3 is 2.19 bits per heavy atom. The highest BCUT2D eigenvalue weighted by Crippen LogP contribution is 2.25. The van der Waals surface area contributed by atoms with Gasteiger partial charge in [-0.2, -0.15) is 0 Å². The second-order valence-electron chi connectivity index (χ2n) is 5.15. The molecule has 2 aromatic carbocycles. The van der Waals surface area contributed by atoms with Gasteiger partial charge in [-0.25, -0.2) is 0 Å². The molecule has 0 aromatic heterocycles. The maximum absolute atomic E-state index is 12.5. The van der Waals surface area contributed by atoms with Crippen LogP contribution >= 0.6 is 0 Å². The first-order valence-electron chi connectivity index (χ1n) is 7.35. The zero-order chi connectivity index (χ0) is 15.4. The largest absolute Gasteiger partial charge is 0.398 e. The van der Waals surface area contributed by atoms with Gasteiger partial charge >= 0.3 is 0 Å². The van der Waals surface area contributed by atoms with Crippen molar-refractivity contribution in [1.29, 1.82) is 0 Å². The summed E-state index contributed by atoms with van der Waals surface area (Å²) in [6.07, 6.45) is 1.76. The summed E-state index contributed by atoms with van der Waals surface area (Å²) in [5.41, 5.74) is 11.2. The number of benzene rings is 2. The number of rotatable bonds is 4. The predicted octanol–water partition coefficient (Wildman–Crippen LogP) is 3.95. The van der Waals surface area contributed by atoms with E-state index >= 15 is 0 Å². The lowest BCUT2D eigenvalue weighted by Gasteiger charge is -2.15. The lowest BCUT2D eigenvalue weighted by molar-refractivity contribution is 0.102. The van der Waals surface area contributed by atoms with Crippen LogP contribution in [0.4, 0.5) is 11.4 Å².